The van der Waals surface area contributed by atoms with Gasteiger partial charge in [-0.3, -0.25) is 0 Å². The second-order valence-corrected chi connectivity index (χ2v) is 2.92. The van der Waals surface area contributed by atoms with Crippen LogP contribution in [0.1, 0.15) is 11.1 Å². The van der Waals surface area contributed by atoms with Crippen molar-refractivity contribution in [2.75, 3.05) is 6.54 Å². The number of cyclic esters (lactones) is 1. The van der Waals surface area contributed by atoms with Crippen LogP contribution in [-0.2, 0) is 9.53 Å². The topological polar surface area (TPSA) is 38.7 Å². The molecular formula is C11H9NO2. The van der Waals surface area contributed by atoms with Crippen molar-refractivity contribution in [3.63, 3.8) is 0 Å². The number of aliphatic imine (C=N–C) groups is 1. The standard InChI is InChI=1S/C11H9NO2/c1-2-8-3-5-9(6-4-8)11-12-7-10(13)14-11/h2-6H,1,7H2. The molecule has 0 bridgehead atoms. The fourth-order valence-corrected chi connectivity index (χ4v) is 1.22. The summed E-state index contributed by atoms with van der Waals surface area (Å²) >= 11 is 0. The van der Waals surface area contributed by atoms with Crippen LogP contribution in [0.25, 0.3) is 6.08 Å². The van der Waals surface area contributed by atoms with Gasteiger partial charge in [0.15, 0.2) is 0 Å². The first-order chi connectivity index (χ1) is 6.79. The maximum atomic E-state index is 10.8. The molecule has 14 heavy (non-hydrogen) atoms. The molecule has 0 atom stereocenters. The molecule has 0 fully saturated rings. The summed E-state index contributed by atoms with van der Waals surface area (Å²) in [6.45, 7) is 3.78. The summed E-state index contributed by atoms with van der Waals surface area (Å²) in [5, 5.41) is 0. The number of esters is 1. The van der Waals surface area contributed by atoms with Crippen LogP contribution < -0.4 is 0 Å². The third kappa shape index (κ3) is 1.57. The molecule has 1 aliphatic rings. The van der Waals surface area contributed by atoms with Crippen molar-refractivity contribution >= 4 is 17.9 Å². The quantitative estimate of drug-likeness (QED) is 0.660. The Morgan fingerprint density at radius 1 is 1.36 bits per heavy atom. The van der Waals surface area contributed by atoms with E-state index in [2.05, 4.69) is 11.6 Å². The molecule has 0 amide bonds. The predicted octanol–water partition coefficient (Wildman–Crippen LogP) is 1.63. The molecule has 2 rings (SSSR count). The van der Waals surface area contributed by atoms with E-state index in [1.807, 2.05) is 24.3 Å². The Bertz CT molecular complexity index is 404. The molecule has 1 aromatic rings. The first-order valence-electron chi connectivity index (χ1n) is 4.27. The lowest BCUT2D eigenvalue weighted by molar-refractivity contribution is -0.132. The molecule has 0 unspecified atom stereocenters. The molecule has 0 spiro atoms. The molecule has 3 heteroatoms. The fourth-order valence-electron chi connectivity index (χ4n) is 1.22. The van der Waals surface area contributed by atoms with Crippen molar-refractivity contribution in [2.45, 2.75) is 0 Å². The SMILES string of the molecule is C=Cc1ccc(C2=NCC(=O)O2)cc1. The summed E-state index contributed by atoms with van der Waals surface area (Å²) in [6.07, 6.45) is 1.76. The lowest BCUT2D eigenvalue weighted by Crippen LogP contribution is -2.05. The van der Waals surface area contributed by atoms with Gasteiger partial charge in [0.2, 0.25) is 5.90 Å². The Balaban J connectivity index is 2.25. The Labute approximate surface area is 81.7 Å². The minimum absolute atomic E-state index is 0.124. The minimum Gasteiger partial charge on any atom is -0.406 e. The highest BCUT2D eigenvalue weighted by molar-refractivity contribution is 6.04. The first-order valence-corrected chi connectivity index (χ1v) is 4.27. The van der Waals surface area contributed by atoms with E-state index in [4.69, 9.17) is 4.74 Å². The van der Waals surface area contributed by atoms with Gasteiger partial charge in [-0.15, -0.1) is 0 Å². The molecule has 1 aliphatic heterocycles. The van der Waals surface area contributed by atoms with E-state index in [1.165, 1.54) is 0 Å². The molecule has 0 radical (unpaired) electrons. The third-order valence-corrected chi connectivity index (χ3v) is 1.96. The molecule has 1 aromatic carbocycles. The van der Waals surface area contributed by atoms with E-state index in [0.29, 0.717) is 5.90 Å². The summed E-state index contributed by atoms with van der Waals surface area (Å²) in [7, 11) is 0. The van der Waals surface area contributed by atoms with Crippen molar-refractivity contribution in [1.29, 1.82) is 0 Å². The first kappa shape index (κ1) is 8.69. The highest BCUT2D eigenvalue weighted by Crippen LogP contribution is 2.10. The Hall–Kier alpha value is -1.90. The molecule has 0 N–H and O–H groups in total. The van der Waals surface area contributed by atoms with Crippen LogP contribution >= 0.6 is 0 Å². The van der Waals surface area contributed by atoms with Crippen LogP contribution in [0.15, 0.2) is 35.8 Å². The Kier molecular flexibility index (Phi) is 2.14. The van der Waals surface area contributed by atoms with Crippen molar-refractivity contribution in [2.24, 2.45) is 4.99 Å². The number of carbonyl (C=O) groups excluding carboxylic acids is 1. The van der Waals surface area contributed by atoms with E-state index in [9.17, 15) is 4.79 Å². The third-order valence-electron chi connectivity index (χ3n) is 1.96. The van der Waals surface area contributed by atoms with Gasteiger partial charge >= 0.3 is 5.97 Å². The number of carbonyl (C=O) groups is 1. The lowest BCUT2D eigenvalue weighted by atomic mass is 10.1. The number of hydrogen-bond donors (Lipinski definition) is 0. The molecular weight excluding hydrogens is 178 g/mol. The van der Waals surface area contributed by atoms with Crippen LogP contribution in [0.3, 0.4) is 0 Å². The van der Waals surface area contributed by atoms with Crippen LogP contribution in [-0.4, -0.2) is 18.4 Å². The normalized spacial score (nSPS) is 14.9. The minimum atomic E-state index is -0.298. The van der Waals surface area contributed by atoms with Crippen LogP contribution in [0.2, 0.25) is 0 Å². The van der Waals surface area contributed by atoms with Gasteiger partial charge in [0, 0.05) is 5.56 Å². The van der Waals surface area contributed by atoms with E-state index in [-0.39, 0.29) is 12.5 Å². The smallest absolute Gasteiger partial charge is 0.334 e. The molecule has 70 valence electrons. The number of hydrogen-bond acceptors (Lipinski definition) is 3. The number of nitrogens with zero attached hydrogens (tertiary/aromatic N) is 1. The van der Waals surface area contributed by atoms with Crippen molar-refractivity contribution in [3.8, 4) is 0 Å². The number of ether oxygens (including phenoxy) is 1. The summed E-state index contributed by atoms with van der Waals surface area (Å²) in [5.41, 5.74) is 1.85. The molecule has 0 aliphatic carbocycles. The van der Waals surface area contributed by atoms with Crippen molar-refractivity contribution < 1.29 is 9.53 Å². The zero-order valence-corrected chi connectivity index (χ0v) is 7.56. The summed E-state index contributed by atoms with van der Waals surface area (Å²) in [5.74, 6) is 0.110. The van der Waals surface area contributed by atoms with Gasteiger partial charge in [0.25, 0.3) is 0 Å². The average Bonchev–Trinajstić information content (AvgIpc) is 2.65. The van der Waals surface area contributed by atoms with Gasteiger partial charge in [0.1, 0.15) is 6.54 Å². The highest BCUT2D eigenvalue weighted by Gasteiger charge is 2.17. The van der Waals surface area contributed by atoms with Gasteiger partial charge < -0.3 is 4.74 Å². The van der Waals surface area contributed by atoms with Crippen LogP contribution in [0.5, 0.6) is 0 Å². The van der Waals surface area contributed by atoms with Crippen molar-refractivity contribution in [1.82, 2.24) is 0 Å². The Morgan fingerprint density at radius 2 is 2.07 bits per heavy atom. The van der Waals surface area contributed by atoms with Crippen LogP contribution in [0, 0.1) is 0 Å². The second kappa shape index (κ2) is 3.46. The van der Waals surface area contributed by atoms with Gasteiger partial charge in [-0.1, -0.05) is 24.8 Å². The van der Waals surface area contributed by atoms with Gasteiger partial charge in [-0.05, 0) is 17.7 Å². The maximum Gasteiger partial charge on any atom is 0.334 e. The number of rotatable bonds is 2. The van der Waals surface area contributed by atoms with E-state index < -0.39 is 0 Å². The summed E-state index contributed by atoms with van der Waals surface area (Å²) < 4.78 is 4.91. The predicted molar refractivity (Wildman–Crippen MR) is 54.0 cm³/mol. The second-order valence-electron chi connectivity index (χ2n) is 2.92. The van der Waals surface area contributed by atoms with E-state index in [1.54, 1.807) is 6.08 Å². The maximum absolute atomic E-state index is 10.8. The summed E-state index contributed by atoms with van der Waals surface area (Å²) in [4.78, 5) is 14.8. The van der Waals surface area contributed by atoms with E-state index >= 15 is 0 Å². The fraction of sp³-hybridized carbons (Fsp3) is 0.0909. The van der Waals surface area contributed by atoms with Crippen LogP contribution in [0.4, 0.5) is 0 Å². The zero-order chi connectivity index (χ0) is 9.97. The number of benzene rings is 1. The average molecular weight is 187 g/mol. The Morgan fingerprint density at radius 3 is 2.57 bits per heavy atom. The van der Waals surface area contributed by atoms with Gasteiger partial charge in [-0.25, -0.2) is 9.79 Å². The molecule has 0 saturated heterocycles. The zero-order valence-electron chi connectivity index (χ0n) is 7.56. The molecule has 3 nitrogen and oxygen atoms in total. The van der Waals surface area contributed by atoms with Crippen molar-refractivity contribution in [3.05, 3.63) is 42.0 Å². The molecule has 1 heterocycles. The van der Waals surface area contributed by atoms with Gasteiger partial charge in [-0.2, -0.15) is 0 Å². The monoisotopic (exact) mass is 187 g/mol. The molecule has 0 aromatic heterocycles. The largest absolute Gasteiger partial charge is 0.406 e. The highest BCUT2D eigenvalue weighted by atomic mass is 16.6. The van der Waals surface area contributed by atoms with E-state index in [0.717, 1.165) is 11.1 Å². The molecule has 0 saturated carbocycles. The summed E-state index contributed by atoms with van der Waals surface area (Å²) in [6, 6.07) is 7.51. The van der Waals surface area contributed by atoms with Gasteiger partial charge in [0.05, 0.1) is 0 Å². The lowest BCUT2D eigenvalue weighted by Gasteiger charge is -1.99.